The van der Waals surface area contributed by atoms with E-state index in [4.69, 9.17) is 10.8 Å². The average molecular weight is 198 g/mol. The normalized spacial score (nSPS) is 20.4. The van der Waals surface area contributed by atoms with Crippen molar-refractivity contribution in [1.82, 2.24) is 0 Å². The van der Waals surface area contributed by atoms with Crippen LogP contribution in [0.4, 0.5) is 0 Å². The first kappa shape index (κ1) is 11.2. The number of Topliss-reactive ketones (excluding diaryl/α,β-unsaturated/α-hetero) is 1. The van der Waals surface area contributed by atoms with E-state index in [-0.39, 0.29) is 18.1 Å². The van der Waals surface area contributed by atoms with Gasteiger partial charge in [0.15, 0.2) is 5.78 Å². The van der Waals surface area contributed by atoms with Gasteiger partial charge < -0.3 is 10.8 Å². The van der Waals surface area contributed by atoms with Gasteiger partial charge in [0.25, 0.3) is 0 Å². The Morgan fingerprint density at radius 3 is 2.79 bits per heavy atom. The van der Waals surface area contributed by atoms with Gasteiger partial charge in [-0.1, -0.05) is 12.8 Å². The van der Waals surface area contributed by atoms with E-state index in [1.165, 1.54) is 0 Å². The van der Waals surface area contributed by atoms with Gasteiger partial charge in [-0.05, 0) is 19.3 Å². The minimum absolute atomic E-state index is 0.0434. The number of hydrogen-bond donors (Lipinski definition) is 2. The third-order valence-electron chi connectivity index (χ3n) is 2.57. The predicted molar refractivity (Wildman–Crippen MR) is 51.5 cm³/mol. The van der Waals surface area contributed by atoms with E-state index >= 15 is 0 Å². The fourth-order valence-electron chi connectivity index (χ4n) is 1.80. The van der Waals surface area contributed by atoms with Gasteiger partial charge in [-0.2, -0.15) is 0 Å². The molecule has 0 aromatic carbocycles. The molecule has 4 nitrogen and oxygen atoms in total. The van der Waals surface area contributed by atoms with Gasteiger partial charge in [-0.25, -0.2) is 0 Å². The molecule has 79 valence electrons. The zero-order valence-corrected chi connectivity index (χ0v) is 8.11. The maximum Gasteiger partial charge on any atom is 0.305 e. The third kappa shape index (κ3) is 3.10. The molecule has 14 heavy (non-hydrogen) atoms. The number of ketones is 1. The van der Waals surface area contributed by atoms with E-state index in [1.54, 1.807) is 0 Å². The zero-order valence-electron chi connectivity index (χ0n) is 8.11. The molecule has 0 heterocycles. The third-order valence-corrected chi connectivity index (χ3v) is 2.57. The number of hydrogen-bond acceptors (Lipinski definition) is 3. The molecule has 2 atom stereocenters. The second kappa shape index (κ2) is 5.10. The maximum absolute atomic E-state index is 11.6. The van der Waals surface area contributed by atoms with Gasteiger partial charge in [0, 0.05) is 5.92 Å². The van der Waals surface area contributed by atoms with Crippen LogP contribution in [0.5, 0.6) is 0 Å². The topological polar surface area (TPSA) is 80.4 Å². The molecule has 1 unspecified atom stereocenters. The molecule has 0 aromatic rings. The molecule has 1 aliphatic rings. The minimum Gasteiger partial charge on any atom is -0.481 e. The van der Waals surface area contributed by atoms with Crippen LogP contribution in [-0.4, -0.2) is 22.9 Å². The lowest BCUT2D eigenvalue weighted by Crippen LogP contribution is -2.38. The monoisotopic (exact) mass is 198 g/mol. The van der Waals surface area contributed by atoms with Crippen molar-refractivity contribution in [3.63, 3.8) is 0 Å². The van der Waals surface area contributed by atoms with E-state index in [9.17, 15) is 9.59 Å². The summed E-state index contributed by atoms with van der Waals surface area (Å²) < 4.78 is 0. The van der Waals surface area contributed by atoms with Crippen LogP contribution in [0.2, 0.25) is 0 Å². The van der Waals surface area contributed by atoms with Gasteiger partial charge in [0.05, 0.1) is 12.5 Å². The minimum atomic E-state index is -1.01. The van der Waals surface area contributed by atoms with E-state index in [0.717, 1.165) is 25.7 Å². The van der Waals surface area contributed by atoms with Crippen molar-refractivity contribution in [3.8, 4) is 0 Å². The number of nitrogens with two attached hydrogens (primary N) is 1. The summed E-state index contributed by atoms with van der Waals surface area (Å²) in [5.41, 5.74) is 5.50. The highest BCUT2D eigenvalue weighted by atomic mass is 16.4. The molecule has 0 amide bonds. The molecule has 1 radical (unpaired) electrons. The maximum atomic E-state index is 11.6. The molecule has 0 spiro atoms. The van der Waals surface area contributed by atoms with Crippen molar-refractivity contribution in [2.75, 3.05) is 0 Å². The van der Waals surface area contributed by atoms with E-state index < -0.39 is 12.0 Å². The summed E-state index contributed by atoms with van der Waals surface area (Å²) in [6.07, 6.45) is 5.50. The van der Waals surface area contributed by atoms with Gasteiger partial charge in [-0.15, -0.1) is 0 Å². The SMILES string of the molecule is N[C@@H](CC(=O)O)C(=O)C1C[CH]CCC1. The molecule has 0 aromatic heterocycles. The molecule has 0 aliphatic heterocycles. The number of carboxylic acid groups (broad SMARTS) is 1. The Morgan fingerprint density at radius 2 is 2.29 bits per heavy atom. The summed E-state index contributed by atoms with van der Waals surface area (Å²) in [6, 6.07) is -0.830. The number of carbonyl (C=O) groups is 2. The van der Waals surface area contributed by atoms with Crippen molar-refractivity contribution in [2.45, 2.75) is 38.1 Å². The highest BCUT2D eigenvalue weighted by Gasteiger charge is 2.26. The Labute approximate surface area is 83.5 Å². The number of rotatable bonds is 4. The lowest BCUT2D eigenvalue weighted by atomic mass is 9.83. The highest BCUT2D eigenvalue weighted by Crippen LogP contribution is 2.24. The van der Waals surface area contributed by atoms with Crippen LogP contribution in [0.1, 0.15) is 32.1 Å². The molecular weight excluding hydrogens is 182 g/mol. The van der Waals surface area contributed by atoms with Crippen LogP contribution in [-0.2, 0) is 9.59 Å². The van der Waals surface area contributed by atoms with Gasteiger partial charge in [0.1, 0.15) is 0 Å². The van der Waals surface area contributed by atoms with E-state index in [1.807, 2.05) is 0 Å². The second-order valence-corrected chi connectivity index (χ2v) is 3.76. The summed E-state index contributed by atoms with van der Waals surface area (Å²) in [6.45, 7) is 0. The molecule has 1 fully saturated rings. The fraction of sp³-hybridized carbons (Fsp3) is 0.700. The standard InChI is InChI=1S/C10H16NO3/c11-8(6-9(12)13)10(14)7-4-2-1-3-5-7/h2,7-8H,1,3-6,11H2,(H,12,13)/t7?,8-/m0/s1. The Bertz CT molecular complexity index is 221. The largest absolute Gasteiger partial charge is 0.481 e. The van der Waals surface area contributed by atoms with Crippen LogP contribution in [0.3, 0.4) is 0 Å². The highest BCUT2D eigenvalue weighted by molar-refractivity contribution is 5.89. The number of aliphatic carboxylic acids is 1. The smallest absolute Gasteiger partial charge is 0.305 e. The Morgan fingerprint density at radius 1 is 1.57 bits per heavy atom. The molecule has 3 N–H and O–H groups in total. The first-order valence-corrected chi connectivity index (χ1v) is 4.94. The molecule has 0 bridgehead atoms. The van der Waals surface area contributed by atoms with Crippen LogP contribution in [0, 0.1) is 12.3 Å². The molecule has 1 rings (SSSR count). The summed E-state index contributed by atoms with van der Waals surface area (Å²) in [5, 5.41) is 8.49. The summed E-state index contributed by atoms with van der Waals surface area (Å²) in [7, 11) is 0. The average Bonchev–Trinajstić information content (AvgIpc) is 2.17. The van der Waals surface area contributed by atoms with Crippen molar-refractivity contribution in [1.29, 1.82) is 0 Å². The second-order valence-electron chi connectivity index (χ2n) is 3.76. The lowest BCUT2D eigenvalue weighted by molar-refractivity contribution is -0.139. The van der Waals surface area contributed by atoms with Gasteiger partial charge in [0.2, 0.25) is 0 Å². The molecular formula is C10H16NO3. The van der Waals surface area contributed by atoms with E-state index in [2.05, 4.69) is 6.42 Å². The summed E-state index contributed by atoms with van der Waals surface area (Å²) in [5.74, 6) is -1.15. The Balaban J connectivity index is 2.42. The van der Waals surface area contributed by atoms with Crippen LogP contribution in [0.25, 0.3) is 0 Å². The Hall–Kier alpha value is -0.900. The number of carboxylic acids is 1. The molecule has 1 aliphatic carbocycles. The first-order chi connectivity index (χ1) is 6.61. The predicted octanol–water partition coefficient (Wildman–Crippen LogP) is 0.752. The van der Waals surface area contributed by atoms with Crippen molar-refractivity contribution in [2.24, 2.45) is 11.7 Å². The number of carbonyl (C=O) groups excluding carboxylic acids is 1. The van der Waals surface area contributed by atoms with Crippen molar-refractivity contribution in [3.05, 3.63) is 6.42 Å². The fourth-order valence-corrected chi connectivity index (χ4v) is 1.80. The van der Waals surface area contributed by atoms with Crippen molar-refractivity contribution < 1.29 is 14.7 Å². The molecule has 4 heteroatoms. The zero-order chi connectivity index (χ0) is 10.6. The molecule has 1 saturated carbocycles. The quantitative estimate of drug-likeness (QED) is 0.698. The Kier molecular flexibility index (Phi) is 4.07. The van der Waals surface area contributed by atoms with Crippen molar-refractivity contribution >= 4 is 11.8 Å². The molecule has 0 saturated heterocycles. The summed E-state index contributed by atoms with van der Waals surface area (Å²) in [4.78, 5) is 22.0. The lowest BCUT2D eigenvalue weighted by Gasteiger charge is -2.22. The summed E-state index contributed by atoms with van der Waals surface area (Å²) >= 11 is 0. The van der Waals surface area contributed by atoms with Gasteiger partial charge in [-0.3, -0.25) is 9.59 Å². The van der Waals surface area contributed by atoms with Gasteiger partial charge >= 0.3 is 5.97 Å². The van der Waals surface area contributed by atoms with Crippen LogP contribution < -0.4 is 5.73 Å². The van der Waals surface area contributed by atoms with Crippen LogP contribution in [0.15, 0.2) is 0 Å². The first-order valence-electron chi connectivity index (χ1n) is 4.94. The van der Waals surface area contributed by atoms with E-state index in [0.29, 0.717) is 0 Å². The van der Waals surface area contributed by atoms with Crippen LogP contribution >= 0.6 is 0 Å².